The smallest absolute Gasteiger partial charge is 0.338 e. The molecule has 0 radical (unpaired) electrons. The molecular weight excluding hydrogens is 352 g/mol. The highest BCUT2D eigenvalue weighted by molar-refractivity contribution is 7.08. The Morgan fingerprint density at radius 3 is 2.50 bits per heavy atom. The summed E-state index contributed by atoms with van der Waals surface area (Å²) in [6.45, 7) is 2.75. The number of carbonyl (C=O) groups excluding carboxylic acids is 3. The van der Waals surface area contributed by atoms with Crippen LogP contribution in [-0.4, -0.2) is 30.9 Å². The van der Waals surface area contributed by atoms with Gasteiger partial charge in [-0.1, -0.05) is 6.92 Å². The molecule has 2 N–H and O–H groups in total. The lowest BCUT2D eigenvalue weighted by Gasteiger charge is -2.07. The molecule has 0 spiro atoms. The second kappa shape index (κ2) is 10.4. The Morgan fingerprint density at radius 2 is 1.85 bits per heavy atom. The van der Waals surface area contributed by atoms with E-state index >= 15 is 0 Å². The number of hydrogen-bond donors (Lipinski definition) is 2. The summed E-state index contributed by atoms with van der Waals surface area (Å²) in [5.41, 5.74) is 1.70. The molecule has 0 saturated carbocycles. The third-order valence-electron chi connectivity index (χ3n) is 3.49. The van der Waals surface area contributed by atoms with E-state index in [1.807, 2.05) is 12.3 Å². The van der Waals surface area contributed by atoms with Crippen molar-refractivity contribution in [1.82, 2.24) is 5.32 Å². The quantitative estimate of drug-likeness (QED) is 0.520. The fourth-order valence-corrected chi connectivity index (χ4v) is 2.77. The predicted molar refractivity (Wildman–Crippen MR) is 102 cm³/mol. The van der Waals surface area contributed by atoms with Gasteiger partial charge in [-0.2, -0.15) is 11.3 Å². The summed E-state index contributed by atoms with van der Waals surface area (Å²) in [6, 6.07) is 8.33. The highest BCUT2D eigenvalue weighted by Crippen LogP contribution is 2.11. The van der Waals surface area contributed by atoms with Crippen LogP contribution >= 0.6 is 11.3 Å². The Hall–Kier alpha value is -2.67. The van der Waals surface area contributed by atoms with Gasteiger partial charge in [-0.05, 0) is 48.6 Å². The second-order valence-corrected chi connectivity index (χ2v) is 6.41. The highest BCUT2D eigenvalue weighted by atomic mass is 32.1. The van der Waals surface area contributed by atoms with Crippen molar-refractivity contribution < 1.29 is 19.1 Å². The highest BCUT2D eigenvalue weighted by Gasteiger charge is 2.08. The normalized spacial score (nSPS) is 10.2. The summed E-state index contributed by atoms with van der Waals surface area (Å²) in [6.07, 6.45) is 1.61. The Balaban J connectivity index is 1.69. The van der Waals surface area contributed by atoms with Gasteiger partial charge in [0.2, 0.25) is 5.91 Å². The average molecular weight is 374 g/mol. The molecule has 0 unspecified atom stereocenters. The molecule has 0 saturated heterocycles. The zero-order chi connectivity index (χ0) is 18.8. The van der Waals surface area contributed by atoms with Crippen molar-refractivity contribution in [3.05, 3.63) is 52.2 Å². The van der Waals surface area contributed by atoms with Gasteiger partial charge in [0.15, 0.2) is 0 Å². The largest absolute Gasteiger partial charge is 0.462 e. The van der Waals surface area contributed by atoms with Crippen LogP contribution in [0.4, 0.5) is 5.69 Å². The van der Waals surface area contributed by atoms with Crippen molar-refractivity contribution in [3.8, 4) is 0 Å². The molecule has 0 bridgehead atoms. The van der Waals surface area contributed by atoms with Crippen LogP contribution in [-0.2, 0) is 9.53 Å². The molecule has 0 atom stereocenters. The molecule has 2 amide bonds. The van der Waals surface area contributed by atoms with Crippen LogP contribution in [0.15, 0.2) is 41.1 Å². The molecule has 0 aliphatic heterocycles. The molecule has 0 aliphatic carbocycles. The maximum Gasteiger partial charge on any atom is 0.338 e. The van der Waals surface area contributed by atoms with Crippen molar-refractivity contribution in [3.63, 3.8) is 0 Å². The van der Waals surface area contributed by atoms with E-state index in [1.165, 1.54) is 11.3 Å². The van der Waals surface area contributed by atoms with Crippen molar-refractivity contribution >= 4 is 34.8 Å². The van der Waals surface area contributed by atoms with E-state index in [0.29, 0.717) is 42.8 Å². The van der Waals surface area contributed by atoms with Crippen LogP contribution in [0.3, 0.4) is 0 Å². The summed E-state index contributed by atoms with van der Waals surface area (Å²) in [4.78, 5) is 35.4. The average Bonchev–Trinajstić information content (AvgIpc) is 3.18. The first kappa shape index (κ1) is 19.7. The third-order valence-corrected chi connectivity index (χ3v) is 4.17. The second-order valence-electron chi connectivity index (χ2n) is 5.63. The van der Waals surface area contributed by atoms with Gasteiger partial charge >= 0.3 is 5.97 Å². The number of carbonyl (C=O) groups is 3. The van der Waals surface area contributed by atoms with Crippen molar-refractivity contribution in [2.24, 2.45) is 0 Å². The minimum atomic E-state index is -0.369. The molecule has 2 aromatic rings. The lowest BCUT2D eigenvalue weighted by Crippen LogP contribution is -2.25. The number of esters is 1. The molecule has 0 fully saturated rings. The molecule has 0 aliphatic rings. The number of benzene rings is 1. The molecule has 6 nitrogen and oxygen atoms in total. The van der Waals surface area contributed by atoms with Crippen molar-refractivity contribution in [1.29, 1.82) is 0 Å². The Kier molecular flexibility index (Phi) is 7.82. The summed E-state index contributed by atoms with van der Waals surface area (Å²) in [7, 11) is 0. The monoisotopic (exact) mass is 374 g/mol. The van der Waals surface area contributed by atoms with Crippen molar-refractivity contribution in [2.45, 2.75) is 26.2 Å². The van der Waals surface area contributed by atoms with E-state index in [4.69, 9.17) is 4.74 Å². The number of nitrogens with one attached hydrogen (secondary N) is 2. The van der Waals surface area contributed by atoms with Gasteiger partial charge in [-0.25, -0.2) is 4.79 Å². The zero-order valence-electron chi connectivity index (χ0n) is 14.6. The van der Waals surface area contributed by atoms with Gasteiger partial charge < -0.3 is 15.4 Å². The first-order valence-electron chi connectivity index (χ1n) is 8.47. The summed E-state index contributed by atoms with van der Waals surface area (Å²) in [5, 5.41) is 9.17. The first-order chi connectivity index (χ1) is 12.6. The fraction of sp³-hybridized carbons (Fsp3) is 0.316. The van der Waals surface area contributed by atoms with Crippen LogP contribution < -0.4 is 10.6 Å². The lowest BCUT2D eigenvalue weighted by molar-refractivity contribution is -0.116. The first-order valence-corrected chi connectivity index (χ1v) is 9.42. The Bertz CT molecular complexity index is 727. The number of ether oxygens (including phenoxy) is 1. The Morgan fingerprint density at radius 1 is 1.08 bits per heavy atom. The van der Waals surface area contributed by atoms with Gasteiger partial charge in [-0.3, -0.25) is 9.59 Å². The zero-order valence-corrected chi connectivity index (χ0v) is 15.4. The van der Waals surface area contributed by atoms with Crippen LogP contribution in [0.1, 0.15) is 46.9 Å². The minimum absolute atomic E-state index is 0.128. The topological polar surface area (TPSA) is 84.5 Å². The summed E-state index contributed by atoms with van der Waals surface area (Å²) >= 11 is 1.47. The van der Waals surface area contributed by atoms with Crippen LogP contribution in [0.5, 0.6) is 0 Å². The third kappa shape index (κ3) is 6.33. The summed E-state index contributed by atoms with van der Waals surface area (Å²) in [5.74, 6) is -0.639. The number of anilines is 1. The van der Waals surface area contributed by atoms with E-state index < -0.39 is 0 Å². The summed E-state index contributed by atoms with van der Waals surface area (Å²) < 4.78 is 5.05. The van der Waals surface area contributed by atoms with E-state index in [9.17, 15) is 14.4 Å². The SMILES string of the molecule is CCCOC(=O)c1ccc(NC(=O)CCCNC(=O)c2ccsc2)cc1. The minimum Gasteiger partial charge on any atom is -0.462 e. The molecule has 7 heteroatoms. The molecular formula is C19H22N2O4S. The number of rotatable bonds is 9. The molecule has 1 heterocycles. The molecule has 1 aromatic carbocycles. The van der Waals surface area contributed by atoms with Gasteiger partial charge in [0, 0.05) is 29.6 Å². The van der Waals surface area contributed by atoms with Gasteiger partial charge in [0.25, 0.3) is 5.91 Å². The molecule has 138 valence electrons. The van der Waals surface area contributed by atoms with Crippen LogP contribution in [0.2, 0.25) is 0 Å². The fourth-order valence-electron chi connectivity index (χ4n) is 2.14. The van der Waals surface area contributed by atoms with Crippen LogP contribution in [0.25, 0.3) is 0 Å². The van der Waals surface area contributed by atoms with E-state index in [1.54, 1.807) is 35.7 Å². The van der Waals surface area contributed by atoms with Gasteiger partial charge in [0.05, 0.1) is 12.2 Å². The van der Waals surface area contributed by atoms with E-state index in [-0.39, 0.29) is 17.8 Å². The number of thiophene rings is 1. The lowest BCUT2D eigenvalue weighted by atomic mass is 10.2. The van der Waals surface area contributed by atoms with E-state index in [2.05, 4.69) is 10.6 Å². The van der Waals surface area contributed by atoms with Crippen LogP contribution in [0, 0.1) is 0 Å². The van der Waals surface area contributed by atoms with Gasteiger partial charge in [-0.15, -0.1) is 0 Å². The number of hydrogen-bond acceptors (Lipinski definition) is 5. The van der Waals surface area contributed by atoms with Gasteiger partial charge in [0.1, 0.15) is 0 Å². The molecule has 2 rings (SSSR count). The molecule has 1 aromatic heterocycles. The standard InChI is InChI=1S/C19H22N2O4S/c1-2-11-25-19(24)14-5-7-16(8-6-14)21-17(22)4-3-10-20-18(23)15-9-12-26-13-15/h5-9,12-13H,2-4,10-11H2,1H3,(H,20,23)(H,21,22). The maximum absolute atomic E-state index is 11.9. The Labute approximate surface area is 156 Å². The molecule has 26 heavy (non-hydrogen) atoms. The number of amides is 2. The van der Waals surface area contributed by atoms with E-state index in [0.717, 1.165) is 6.42 Å². The maximum atomic E-state index is 11.9. The van der Waals surface area contributed by atoms with Crippen molar-refractivity contribution in [2.75, 3.05) is 18.5 Å². The predicted octanol–water partition coefficient (Wildman–Crippen LogP) is 3.46.